The molecule has 23 heavy (non-hydrogen) atoms. The quantitative estimate of drug-likeness (QED) is 0.510. The molecule has 2 amide bonds. The van der Waals surface area contributed by atoms with Crippen molar-refractivity contribution in [3.05, 3.63) is 35.4 Å². The molecule has 0 spiro atoms. The first-order valence-electron chi connectivity index (χ1n) is 8.37. The van der Waals surface area contributed by atoms with Crippen molar-refractivity contribution in [1.29, 1.82) is 0 Å². The van der Waals surface area contributed by atoms with Crippen LogP contribution in [0.1, 0.15) is 56.1 Å². The number of unbranched alkanes of at least 4 members (excludes halogenated alkanes) is 2. The normalized spacial score (nSPS) is 12.0. The van der Waals surface area contributed by atoms with E-state index in [0.717, 1.165) is 38.5 Å². The molecular formula is C18H29N3O2. The third-order valence-electron chi connectivity index (χ3n) is 3.95. The first-order valence-corrected chi connectivity index (χ1v) is 8.37. The van der Waals surface area contributed by atoms with E-state index in [1.165, 1.54) is 11.1 Å². The number of hydrogen-bond acceptors (Lipinski definition) is 3. The van der Waals surface area contributed by atoms with E-state index in [1.807, 2.05) is 0 Å². The number of aryl methyl sites for hydroxylation is 2. The minimum atomic E-state index is -0.293. The van der Waals surface area contributed by atoms with Gasteiger partial charge in [-0.15, -0.1) is 0 Å². The van der Waals surface area contributed by atoms with Gasteiger partial charge in [-0.25, -0.2) is 0 Å². The number of carbonyl (C=O) groups excluding carboxylic acids is 2. The Bertz CT molecular complexity index is 503. The van der Waals surface area contributed by atoms with Gasteiger partial charge < -0.3 is 17.2 Å². The maximum atomic E-state index is 10.7. The van der Waals surface area contributed by atoms with Gasteiger partial charge in [-0.2, -0.15) is 0 Å². The van der Waals surface area contributed by atoms with Crippen LogP contribution in [0, 0.1) is 0 Å². The number of carbonyl (C=O) groups is 2. The summed E-state index contributed by atoms with van der Waals surface area (Å²) >= 11 is 0. The first-order chi connectivity index (χ1) is 11.0. The van der Waals surface area contributed by atoms with Crippen molar-refractivity contribution in [2.45, 2.75) is 63.8 Å². The summed E-state index contributed by atoms with van der Waals surface area (Å²) in [6.07, 6.45) is 7.21. The number of nitrogens with two attached hydrogens (primary N) is 3. The van der Waals surface area contributed by atoms with Crippen LogP contribution in [0.25, 0.3) is 0 Å². The number of primary amides is 2. The average molecular weight is 319 g/mol. The third kappa shape index (κ3) is 9.68. The van der Waals surface area contributed by atoms with Crippen LogP contribution >= 0.6 is 0 Å². The Labute approximate surface area is 138 Å². The molecule has 1 rings (SSSR count). The Morgan fingerprint density at radius 2 is 1.52 bits per heavy atom. The highest BCUT2D eigenvalue weighted by Gasteiger charge is 2.06. The Kier molecular flexibility index (Phi) is 8.98. The van der Waals surface area contributed by atoms with Gasteiger partial charge in [0.25, 0.3) is 0 Å². The second-order valence-corrected chi connectivity index (χ2v) is 6.15. The fraction of sp³-hybridized carbons (Fsp3) is 0.556. The van der Waals surface area contributed by atoms with E-state index in [9.17, 15) is 9.59 Å². The van der Waals surface area contributed by atoms with Crippen molar-refractivity contribution >= 4 is 11.8 Å². The molecule has 128 valence electrons. The van der Waals surface area contributed by atoms with Gasteiger partial charge in [0, 0.05) is 18.9 Å². The molecule has 0 aromatic heterocycles. The van der Waals surface area contributed by atoms with Crippen LogP contribution in [0.4, 0.5) is 0 Å². The molecule has 0 saturated carbocycles. The molecular weight excluding hydrogens is 290 g/mol. The van der Waals surface area contributed by atoms with Crippen molar-refractivity contribution in [1.82, 2.24) is 0 Å². The van der Waals surface area contributed by atoms with Gasteiger partial charge in [-0.05, 0) is 49.7 Å². The van der Waals surface area contributed by atoms with Gasteiger partial charge in [-0.3, -0.25) is 9.59 Å². The lowest BCUT2D eigenvalue weighted by atomic mass is 9.99. The molecule has 1 aromatic carbocycles. The minimum Gasteiger partial charge on any atom is -0.370 e. The molecule has 6 N–H and O–H groups in total. The molecule has 0 heterocycles. The Morgan fingerprint density at radius 3 is 2.17 bits per heavy atom. The molecule has 0 aliphatic rings. The summed E-state index contributed by atoms with van der Waals surface area (Å²) in [6.45, 7) is 0. The molecule has 5 heteroatoms. The molecule has 0 unspecified atom stereocenters. The summed E-state index contributed by atoms with van der Waals surface area (Å²) in [5.74, 6) is -0.515. The van der Waals surface area contributed by atoms with E-state index in [0.29, 0.717) is 19.3 Å². The Hall–Kier alpha value is -1.88. The van der Waals surface area contributed by atoms with Crippen LogP contribution < -0.4 is 17.2 Å². The zero-order valence-corrected chi connectivity index (χ0v) is 13.8. The second-order valence-electron chi connectivity index (χ2n) is 6.15. The van der Waals surface area contributed by atoms with Crippen molar-refractivity contribution in [2.75, 3.05) is 0 Å². The van der Waals surface area contributed by atoms with Crippen LogP contribution in [0.5, 0.6) is 0 Å². The van der Waals surface area contributed by atoms with Crippen LogP contribution in [0.2, 0.25) is 0 Å². The highest BCUT2D eigenvalue weighted by molar-refractivity contribution is 5.73. The molecule has 0 radical (unpaired) electrons. The summed E-state index contributed by atoms with van der Waals surface area (Å²) in [5.41, 5.74) is 18.8. The molecule has 1 aromatic rings. The van der Waals surface area contributed by atoms with Gasteiger partial charge in [0.1, 0.15) is 0 Å². The van der Waals surface area contributed by atoms with E-state index in [2.05, 4.69) is 24.3 Å². The zero-order valence-electron chi connectivity index (χ0n) is 13.8. The molecule has 0 aliphatic carbocycles. The fourth-order valence-electron chi connectivity index (χ4n) is 2.57. The zero-order chi connectivity index (χ0) is 17.1. The molecule has 0 aliphatic heterocycles. The molecule has 0 saturated heterocycles. The van der Waals surface area contributed by atoms with E-state index in [1.54, 1.807) is 0 Å². The van der Waals surface area contributed by atoms with Crippen molar-refractivity contribution in [3.8, 4) is 0 Å². The predicted molar refractivity (Wildman–Crippen MR) is 92.5 cm³/mol. The Morgan fingerprint density at radius 1 is 0.870 bits per heavy atom. The number of benzene rings is 1. The standard InChI is InChI=1S/C18H29N3O2/c19-16(11-12-18(21)23)10-9-15-7-4-6-14(13-15)5-2-1-3-8-17(20)22/h4,6-7,13,16H,1-3,5,8-12,19H2,(H2,20,22)(H2,21,23)/t16-/m1/s1. The minimum absolute atomic E-state index is 0.0138. The maximum Gasteiger partial charge on any atom is 0.217 e. The maximum absolute atomic E-state index is 10.7. The van der Waals surface area contributed by atoms with Gasteiger partial charge in [0.2, 0.25) is 11.8 Å². The smallest absolute Gasteiger partial charge is 0.217 e. The van der Waals surface area contributed by atoms with E-state index < -0.39 is 0 Å². The van der Waals surface area contributed by atoms with Gasteiger partial charge in [0.05, 0.1) is 0 Å². The molecule has 0 fully saturated rings. The topological polar surface area (TPSA) is 112 Å². The van der Waals surface area contributed by atoms with Crippen LogP contribution in [-0.2, 0) is 22.4 Å². The lowest BCUT2D eigenvalue weighted by molar-refractivity contribution is -0.119. The highest BCUT2D eigenvalue weighted by Crippen LogP contribution is 2.13. The van der Waals surface area contributed by atoms with Crippen molar-refractivity contribution < 1.29 is 9.59 Å². The van der Waals surface area contributed by atoms with Crippen molar-refractivity contribution in [3.63, 3.8) is 0 Å². The summed E-state index contributed by atoms with van der Waals surface area (Å²) in [6, 6.07) is 8.54. The van der Waals surface area contributed by atoms with Gasteiger partial charge in [-0.1, -0.05) is 30.7 Å². The number of amides is 2. The third-order valence-corrected chi connectivity index (χ3v) is 3.95. The number of rotatable bonds is 12. The molecule has 0 bridgehead atoms. The van der Waals surface area contributed by atoms with E-state index in [-0.39, 0.29) is 17.9 Å². The van der Waals surface area contributed by atoms with Crippen LogP contribution in [-0.4, -0.2) is 17.9 Å². The highest BCUT2D eigenvalue weighted by atomic mass is 16.1. The summed E-state index contributed by atoms with van der Waals surface area (Å²) < 4.78 is 0. The summed E-state index contributed by atoms with van der Waals surface area (Å²) in [7, 11) is 0. The predicted octanol–water partition coefficient (Wildman–Crippen LogP) is 1.80. The summed E-state index contributed by atoms with van der Waals surface area (Å²) in [4.78, 5) is 21.4. The van der Waals surface area contributed by atoms with Gasteiger partial charge >= 0.3 is 0 Å². The van der Waals surface area contributed by atoms with Gasteiger partial charge in [0.15, 0.2) is 0 Å². The first kappa shape index (κ1) is 19.2. The lowest BCUT2D eigenvalue weighted by Gasteiger charge is -2.11. The average Bonchev–Trinajstić information content (AvgIpc) is 2.50. The van der Waals surface area contributed by atoms with E-state index in [4.69, 9.17) is 17.2 Å². The SMILES string of the molecule is NC(=O)CCCCCc1cccc(CC[C@@H](N)CCC(N)=O)c1. The molecule has 1 atom stereocenters. The lowest BCUT2D eigenvalue weighted by Crippen LogP contribution is -2.23. The summed E-state index contributed by atoms with van der Waals surface area (Å²) in [5, 5.41) is 0. The fourth-order valence-corrected chi connectivity index (χ4v) is 2.57. The number of hydrogen-bond donors (Lipinski definition) is 3. The largest absolute Gasteiger partial charge is 0.370 e. The van der Waals surface area contributed by atoms with Crippen molar-refractivity contribution in [2.24, 2.45) is 17.2 Å². The molecule has 5 nitrogen and oxygen atoms in total. The second kappa shape index (κ2) is 10.8. The van der Waals surface area contributed by atoms with E-state index >= 15 is 0 Å². The Balaban J connectivity index is 2.29. The van der Waals surface area contributed by atoms with Crippen LogP contribution in [0.3, 0.4) is 0 Å². The van der Waals surface area contributed by atoms with Crippen LogP contribution in [0.15, 0.2) is 24.3 Å². The monoisotopic (exact) mass is 319 g/mol.